The standard InChI is InChI=1S/C14H18N4O/c1-2-16-5-7-17(8-6-16)14(19)12-3-4-18-11-15-10-13(18)9-12/h3-4,9-11H,2,5-8H2,1H3. The van der Waals surface area contributed by atoms with Gasteiger partial charge >= 0.3 is 0 Å². The average Bonchev–Trinajstić information content (AvgIpc) is 2.94. The van der Waals surface area contributed by atoms with Gasteiger partial charge in [0, 0.05) is 37.9 Å². The van der Waals surface area contributed by atoms with Crippen LogP contribution in [-0.4, -0.2) is 57.8 Å². The first-order valence-electron chi connectivity index (χ1n) is 6.71. The minimum atomic E-state index is 0.124. The zero-order valence-electron chi connectivity index (χ0n) is 11.1. The highest BCUT2D eigenvalue weighted by Crippen LogP contribution is 2.11. The van der Waals surface area contributed by atoms with Crippen LogP contribution in [0.5, 0.6) is 0 Å². The average molecular weight is 258 g/mol. The minimum absolute atomic E-state index is 0.124. The van der Waals surface area contributed by atoms with E-state index in [4.69, 9.17) is 0 Å². The Morgan fingerprint density at radius 1 is 1.32 bits per heavy atom. The number of pyridine rings is 1. The molecule has 0 N–H and O–H groups in total. The normalized spacial score (nSPS) is 17.0. The van der Waals surface area contributed by atoms with Crippen LogP contribution < -0.4 is 0 Å². The fourth-order valence-electron chi connectivity index (χ4n) is 2.50. The van der Waals surface area contributed by atoms with Gasteiger partial charge in [-0.2, -0.15) is 0 Å². The molecule has 0 unspecified atom stereocenters. The molecule has 0 radical (unpaired) electrons. The first-order valence-corrected chi connectivity index (χ1v) is 6.71. The number of piperazine rings is 1. The number of hydrogen-bond donors (Lipinski definition) is 0. The Morgan fingerprint density at radius 2 is 2.11 bits per heavy atom. The zero-order chi connectivity index (χ0) is 13.2. The van der Waals surface area contributed by atoms with Gasteiger partial charge in [-0.3, -0.25) is 4.79 Å². The summed E-state index contributed by atoms with van der Waals surface area (Å²) in [5, 5.41) is 0. The van der Waals surface area contributed by atoms with E-state index in [9.17, 15) is 4.79 Å². The lowest BCUT2D eigenvalue weighted by atomic mass is 10.2. The fraction of sp³-hybridized carbons (Fsp3) is 0.429. The predicted molar refractivity (Wildman–Crippen MR) is 73.2 cm³/mol. The van der Waals surface area contributed by atoms with Gasteiger partial charge in [0.05, 0.1) is 18.0 Å². The second-order valence-corrected chi connectivity index (χ2v) is 4.87. The van der Waals surface area contributed by atoms with Crippen LogP contribution >= 0.6 is 0 Å². The monoisotopic (exact) mass is 258 g/mol. The third-order valence-corrected chi connectivity index (χ3v) is 3.77. The van der Waals surface area contributed by atoms with Crippen LogP contribution in [0.25, 0.3) is 5.52 Å². The van der Waals surface area contributed by atoms with E-state index in [2.05, 4.69) is 16.8 Å². The molecule has 1 saturated heterocycles. The maximum Gasteiger partial charge on any atom is 0.254 e. The van der Waals surface area contributed by atoms with Crippen molar-refractivity contribution in [3.8, 4) is 0 Å². The Hall–Kier alpha value is -1.88. The first kappa shape index (κ1) is 12.2. The van der Waals surface area contributed by atoms with E-state index in [0.717, 1.165) is 43.8 Å². The number of rotatable bonds is 2. The predicted octanol–water partition coefficient (Wildman–Crippen LogP) is 1.11. The van der Waals surface area contributed by atoms with E-state index in [1.54, 1.807) is 12.5 Å². The van der Waals surface area contributed by atoms with Gasteiger partial charge in [0.2, 0.25) is 0 Å². The van der Waals surface area contributed by atoms with Crippen molar-refractivity contribution in [2.24, 2.45) is 0 Å². The summed E-state index contributed by atoms with van der Waals surface area (Å²) in [6.07, 6.45) is 5.40. The summed E-state index contributed by atoms with van der Waals surface area (Å²) in [6, 6.07) is 3.77. The second kappa shape index (κ2) is 5.01. The van der Waals surface area contributed by atoms with E-state index in [1.807, 2.05) is 27.6 Å². The molecule has 3 heterocycles. The SMILES string of the molecule is CCN1CCN(C(=O)c2ccn3cncc3c2)CC1. The van der Waals surface area contributed by atoms with E-state index >= 15 is 0 Å². The molecule has 100 valence electrons. The van der Waals surface area contributed by atoms with Crippen molar-refractivity contribution in [2.75, 3.05) is 32.7 Å². The van der Waals surface area contributed by atoms with Crippen molar-refractivity contribution < 1.29 is 4.79 Å². The number of nitrogens with zero attached hydrogens (tertiary/aromatic N) is 4. The fourth-order valence-corrected chi connectivity index (χ4v) is 2.50. The molecule has 0 spiro atoms. The van der Waals surface area contributed by atoms with Gasteiger partial charge < -0.3 is 14.2 Å². The van der Waals surface area contributed by atoms with Crippen molar-refractivity contribution in [3.63, 3.8) is 0 Å². The number of carbonyl (C=O) groups excluding carboxylic acids is 1. The van der Waals surface area contributed by atoms with Gasteiger partial charge in [-0.25, -0.2) is 4.98 Å². The van der Waals surface area contributed by atoms with Crippen molar-refractivity contribution >= 4 is 11.4 Å². The van der Waals surface area contributed by atoms with Crippen molar-refractivity contribution in [1.29, 1.82) is 0 Å². The van der Waals surface area contributed by atoms with Crippen LogP contribution in [0.2, 0.25) is 0 Å². The van der Waals surface area contributed by atoms with Crippen LogP contribution in [-0.2, 0) is 0 Å². The van der Waals surface area contributed by atoms with Gasteiger partial charge in [0.1, 0.15) is 0 Å². The lowest BCUT2D eigenvalue weighted by Gasteiger charge is -2.34. The van der Waals surface area contributed by atoms with Crippen LogP contribution in [0.4, 0.5) is 0 Å². The molecular formula is C14H18N4O. The summed E-state index contributed by atoms with van der Waals surface area (Å²) in [6.45, 7) is 6.79. The minimum Gasteiger partial charge on any atom is -0.336 e. The molecular weight excluding hydrogens is 240 g/mol. The van der Waals surface area contributed by atoms with Crippen molar-refractivity contribution in [2.45, 2.75) is 6.92 Å². The van der Waals surface area contributed by atoms with E-state index in [0.29, 0.717) is 0 Å². The van der Waals surface area contributed by atoms with Crippen LogP contribution in [0.1, 0.15) is 17.3 Å². The number of aromatic nitrogens is 2. The van der Waals surface area contributed by atoms with Crippen molar-refractivity contribution in [3.05, 3.63) is 36.4 Å². The molecule has 0 bridgehead atoms. The van der Waals surface area contributed by atoms with Crippen molar-refractivity contribution in [1.82, 2.24) is 19.2 Å². The van der Waals surface area contributed by atoms with Gasteiger partial charge in [-0.15, -0.1) is 0 Å². The molecule has 0 atom stereocenters. The summed E-state index contributed by atoms with van der Waals surface area (Å²) < 4.78 is 1.91. The highest BCUT2D eigenvalue weighted by molar-refractivity contribution is 5.95. The Bertz CT molecular complexity index is 584. The molecule has 1 aliphatic rings. The molecule has 0 aliphatic carbocycles. The maximum absolute atomic E-state index is 12.4. The summed E-state index contributed by atoms with van der Waals surface area (Å²) in [5.74, 6) is 0.124. The molecule has 19 heavy (non-hydrogen) atoms. The Morgan fingerprint density at radius 3 is 2.84 bits per heavy atom. The third kappa shape index (κ3) is 2.33. The lowest BCUT2D eigenvalue weighted by Crippen LogP contribution is -2.48. The third-order valence-electron chi connectivity index (χ3n) is 3.77. The number of carbonyl (C=O) groups is 1. The summed E-state index contributed by atoms with van der Waals surface area (Å²) in [5.41, 5.74) is 1.70. The largest absolute Gasteiger partial charge is 0.336 e. The maximum atomic E-state index is 12.4. The van der Waals surface area contributed by atoms with Crippen LogP contribution in [0.3, 0.4) is 0 Å². The second-order valence-electron chi connectivity index (χ2n) is 4.87. The summed E-state index contributed by atoms with van der Waals surface area (Å²) in [7, 11) is 0. The molecule has 1 fully saturated rings. The molecule has 2 aromatic rings. The van der Waals surface area contributed by atoms with Gasteiger partial charge in [-0.1, -0.05) is 6.92 Å². The lowest BCUT2D eigenvalue weighted by molar-refractivity contribution is 0.0643. The van der Waals surface area contributed by atoms with E-state index in [1.165, 1.54) is 0 Å². The Balaban J connectivity index is 1.76. The molecule has 0 aromatic carbocycles. The Kier molecular flexibility index (Phi) is 3.21. The molecule has 1 aliphatic heterocycles. The smallest absolute Gasteiger partial charge is 0.254 e. The molecule has 0 saturated carbocycles. The Labute approximate surface area is 112 Å². The quantitative estimate of drug-likeness (QED) is 0.810. The highest BCUT2D eigenvalue weighted by Gasteiger charge is 2.21. The van der Waals surface area contributed by atoms with E-state index < -0.39 is 0 Å². The summed E-state index contributed by atoms with van der Waals surface area (Å²) in [4.78, 5) is 20.8. The number of amides is 1. The highest BCUT2D eigenvalue weighted by atomic mass is 16.2. The number of likely N-dealkylation sites (N-methyl/N-ethyl adjacent to an activating group) is 1. The molecule has 5 nitrogen and oxygen atoms in total. The molecule has 1 amide bonds. The van der Waals surface area contributed by atoms with E-state index in [-0.39, 0.29) is 5.91 Å². The van der Waals surface area contributed by atoms with Gasteiger partial charge in [0.15, 0.2) is 0 Å². The first-order chi connectivity index (χ1) is 9.28. The molecule has 5 heteroatoms. The summed E-state index contributed by atoms with van der Waals surface area (Å²) >= 11 is 0. The van der Waals surface area contributed by atoms with Gasteiger partial charge in [0.25, 0.3) is 5.91 Å². The van der Waals surface area contributed by atoms with Crippen LogP contribution in [0.15, 0.2) is 30.9 Å². The number of fused-ring (bicyclic) bond motifs is 1. The zero-order valence-corrected chi connectivity index (χ0v) is 11.1. The van der Waals surface area contributed by atoms with Gasteiger partial charge in [-0.05, 0) is 18.7 Å². The number of hydrogen-bond acceptors (Lipinski definition) is 3. The number of imidazole rings is 1. The molecule has 2 aromatic heterocycles. The van der Waals surface area contributed by atoms with Crippen LogP contribution in [0, 0.1) is 0 Å². The topological polar surface area (TPSA) is 40.9 Å². The molecule has 3 rings (SSSR count).